The van der Waals surface area contributed by atoms with Crippen molar-refractivity contribution in [2.24, 2.45) is 5.73 Å². The van der Waals surface area contributed by atoms with E-state index < -0.39 is 0 Å². The maximum atomic E-state index is 6.26. The van der Waals surface area contributed by atoms with Gasteiger partial charge in [-0.1, -0.05) is 24.3 Å². The Balaban J connectivity index is 2.17. The van der Waals surface area contributed by atoms with Gasteiger partial charge in [0.1, 0.15) is 0 Å². The Kier molecular flexibility index (Phi) is 4.18. The first-order valence-corrected chi connectivity index (χ1v) is 6.81. The molecule has 0 amide bonds. The average Bonchev–Trinajstić information content (AvgIpc) is 2.40. The minimum atomic E-state index is 0.0304. The lowest BCUT2D eigenvalue weighted by atomic mass is 10.0. The minimum Gasteiger partial charge on any atom is -0.324 e. The molecule has 2 nitrogen and oxygen atoms in total. The highest BCUT2D eigenvalue weighted by Crippen LogP contribution is 2.26. The van der Waals surface area contributed by atoms with Gasteiger partial charge in [0, 0.05) is 23.3 Å². The van der Waals surface area contributed by atoms with Gasteiger partial charge in [0.25, 0.3) is 0 Å². The first kappa shape index (κ1) is 12.1. The van der Waals surface area contributed by atoms with Crippen molar-refractivity contribution in [3.8, 4) is 0 Å². The molecule has 1 heterocycles. The van der Waals surface area contributed by atoms with Gasteiger partial charge in [-0.2, -0.15) is 0 Å². The topological polar surface area (TPSA) is 38.9 Å². The molecule has 0 aliphatic heterocycles. The van der Waals surface area contributed by atoms with E-state index in [0.717, 1.165) is 6.42 Å². The van der Waals surface area contributed by atoms with Crippen LogP contribution < -0.4 is 5.73 Å². The second-order valence-electron chi connectivity index (χ2n) is 3.91. The van der Waals surface area contributed by atoms with Crippen molar-refractivity contribution in [3.05, 3.63) is 59.9 Å². The zero-order valence-corrected chi connectivity index (χ0v) is 10.7. The highest BCUT2D eigenvalue weighted by molar-refractivity contribution is 7.98. The van der Waals surface area contributed by atoms with E-state index in [9.17, 15) is 0 Å². The molecule has 1 unspecified atom stereocenters. The number of rotatable bonds is 4. The van der Waals surface area contributed by atoms with Crippen molar-refractivity contribution in [1.29, 1.82) is 0 Å². The molecule has 0 spiro atoms. The van der Waals surface area contributed by atoms with Gasteiger partial charge in [-0.15, -0.1) is 11.8 Å². The van der Waals surface area contributed by atoms with Crippen LogP contribution in [0.4, 0.5) is 0 Å². The second kappa shape index (κ2) is 5.84. The molecule has 1 aromatic heterocycles. The summed E-state index contributed by atoms with van der Waals surface area (Å²) in [5.41, 5.74) is 8.65. The molecule has 2 N–H and O–H groups in total. The predicted molar refractivity (Wildman–Crippen MR) is 73.1 cm³/mol. The van der Waals surface area contributed by atoms with Crippen LogP contribution in [0.3, 0.4) is 0 Å². The van der Waals surface area contributed by atoms with E-state index in [1.165, 1.54) is 16.0 Å². The zero-order chi connectivity index (χ0) is 12.1. The average molecular weight is 244 g/mol. The molecule has 0 aliphatic rings. The Morgan fingerprint density at radius 3 is 2.76 bits per heavy atom. The van der Waals surface area contributed by atoms with Gasteiger partial charge in [0.05, 0.1) is 0 Å². The van der Waals surface area contributed by atoms with Crippen LogP contribution in [0.15, 0.2) is 53.7 Å². The third kappa shape index (κ3) is 3.08. The molecule has 1 atom stereocenters. The van der Waals surface area contributed by atoms with Gasteiger partial charge in [-0.25, -0.2) is 0 Å². The molecule has 0 bridgehead atoms. The van der Waals surface area contributed by atoms with Crippen LogP contribution in [0, 0.1) is 0 Å². The van der Waals surface area contributed by atoms with Crippen LogP contribution in [0.1, 0.15) is 17.2 Å². The van der Waals surface area contributed by atoms with E-state index in [4.69, 9.17) is 5.73 Å². The van der Waals surface area contributed by atoms with E-state index in [1.807, 2.05) is 24.4 Å². The van der Waals surface area contributed by atoms with Crippen LogP contribution in [0.5, 0.6) is 0 Å². The number of hydrogen-bond donors (Lipinski definition) is 1. The zero-order valence-electron chi connectivity index (χ0n) is 9.84. The predicted octanol–water partition coefficient (Wildman–Crippen LogP) is 3.05. The summed E-state index contributed by atoms with van der Waals surface area (Å²) >= 11 is 1.74. The lowest BCUT2D eigenvalue weighted by molar-refractivity contribution is 0.706. The molecular formula is C14H16N2S. The lowest BCUT2D eigenvalue weighted by Gasteiger charge is -2.15. The van der Waals surface area contributed by atoms with Crippen molar-refractivity contribution in [3.63, 3.8) is 0 Å². The lowest BCUT2D eigenvalue weighted by Crippen LogP contribution is -2.14. The van der Waals surface area contributed by atoms with E-state index in [0.29, 0.717) is 0 Å². The standard InChI is InChI=1S/C14H16N2S/c1-17-14-7-3-2-6-12(14)13(15)9-11-5-4-8-16-10-11/h2-8,10,13H,9,15H2,1H3. The van der Waals surface area contributed by atoms with E-state index in [2.05, 4.69) is 29.4 Å². The summed E-state index contributed by atoms with van der Waals surface area (Å²) in [6, 6.07) is 12.3. The molecule has 17 heavy (non-hydrogen) atoms. The first-order valence-electron chi connectivity index (χ1n) is 5.58. The van der Waals surface area contributed by atoms with Crippen molar-refractivity contribution in [2.45, 2.75) is 17.4 Å². The number of nitrogens with two attached hydrogens (primary N) is 1. The third-order valence-corrected chi connectivity index (χ3v) is 3.53. The summed E-state index contributed by atoms with van der Waals surface area (Å²) in [6.45, 7) is 0. The molecule has 88 valence electrons. The quantitative estimate of drug-likeness (QED) is 0.840. The Hall–Kier alpha value is -1.32. The summed E-state index contributed by atoms with van der Waals surface area (Å²) in [7, 11) is 0. The van der Waals surface area contributed by atoms with Crippen LogP contribution in [0.25, 0.3) is 0 Å². The fraction of sp³-hybridized carbons (Fsp3) is 0.214. The molecule has 3 heteroatoms. The summed E-state index contributed by atoms with van der Waals surface area (Å²) < 4.78 is 0. The maximum absolute atomic E-state index is 6.26. The van der Waals surface area contributed by atoms with Crippen LogP contribution in [0.2, 0.25) is 0 Å². The SMILES string of the molecule is CSc1ccccc1C(N)Cc1cccnc1. The molecule has 2 rings (SSSR count). The van der Waals surface area contributed by atoms with Crippen molar-refractivity contribution < 1.29 is 0 Å². The molecule has 0 radical (unpaired) electrons. The van der Waals surface area contributed by atoms with Gasteiger partial charge in [0.15, 0.2) is 0 Å². The van der Waals surface area contributed by atoms with E-state index in [1.54, 1.807) is 18.0 Å². The van der Waals surface area contributed by atoms with Crippen molar-refractivity contribution in [2.75, 3.05) is 6.26 Å². The maximum Gasteiger partial charge on any atom is 0.0347 e. The smallest absolute Gasteiger partial charge is 0.0347 e. The Labute approximate surface area is 106 Å². The minimum absolute atomic E-state index is 0.0304. The summed E-state index contributed by atoms with van der Waals surface area (Å²) in [5.74, 6) is 0. The summed E-state index contributed by atoms with van der Waals surface area (Å²) in [6.07, 6.45) is 6.56. The number of thioether (sulfide) groups is 1. The molecule has 2 aromatic rings. The summed E-state index contributed by atoms with van der Waals surface area (Å²) in [4.78, 5) is 5.37. The highest BCUT2D eigenvalue weighted by Gasteiger charge is 2.10. The second-order valence-corrected chi connectivity index (χ2v) is 4.76. The molecule has 0 aliphatic carbocycles. The summed E-state index contributed by atoms with van der Waals surface area (Å²) in [5, 5.41) is 0. The molecule has 0 saturated carbocycles. The normalized spacial score (nSPS) is 12.4. The molecule has 1 aromatic carbocycles. The molecule has 0 saturated heterocycles. The van der Waals surface area contributed by atoms with Gasteiger partial charge in [-0.3, -0.25) is 4.98 Å². The Morgan fingerprint density at radius 2 is 2.06 bits per heavy atom. The van der Waals surface area contributed by atoms with Crippen molar-refractivity contribution in [1.82, 2.24) is 4.98 Å². The Morgan fingerprint density at radius 1 is 1.24 bits per heavy atom. The van der Waals surface area contributed by atoms with Crippen LogP contribution in [-0.2, 0) is 6.42 Å². The fourth-order valence-corrected chi connectivity index (χ4v) is 2.53. The van der Waals surface area contributed by atoms with E-state index in [-0.39, 0.29) is 6.04 Å². The van der Waals surface area contributed by atoms with E-state index >= 15 is 0 Å². The van der Waals surface area contributed by atoms with Gasteiger partial charge >= 0.3 is 0 Å². The number of nitrogens with zero attached hydrogens (tertiary/aromatic N) is 1. The van der Waals surface area contributed by atoms with Crippen molar-refractivity contribution >= 4 is 11.8 Å². The molecule has 0 fully saturated rings. The number of pyridine rings is 1. The van der Waals surface area contributed by atoms with Gasteiger partial charge in [0.2, 0.25) is 0 Å². The third-order valence-electron chi connectivity index (χ3n) is 2.72. The largest absolute Gasteiger partial charge is 0.324 e. The van der Waals surface area contributed by atoms with Crippen LogP contribution >= 0.6 is 11.8 Å². The number of hydrogen-bond acceptors (Lipinski definition) is 3. The van der Waals surface area contributed by atoms with Crippen LogP contribution in [-0.4, -0.2) is 11.2 Å². The van der Waals surface area contributed by atoms with Gasteiger partial charge in [-0.05, 0) is 35.9 Å². The Bertz CT molecular complexity index is 471. The first-order chi connectivity index (χ1) is 8.31. The monoisotopic (exact) mass is 244 g/mol. The number of benzene rings is 1. The number of aromatic nitrogens is 1. The highest BCUT2D eigenvalue weighted by atomic mass is 32.2. The molecular weight excluding hydrogens is 228 g/mol. The van der Waals surface area contributed by atoms with Gasteiger partial charge < -0.3 is 5.73 Å². The fourth-order valence-electron chi connectivity index (χ4n) is 1.86.